The molecule has 0 aliphatic carbocycles. The van der Waals surface area contributed by atoms with Gasteiger partial charge in [-0.2, -0.15) is 0 Å². The molecule has 0 fully saturated rings. The highest BCUT2D eigenvalue weighted by molar-refractivity contribution is 5.45. The maximum Gasteiger partial charge on any atom is 0.123 e. The Balaban J connectivity index is 2.27. The van der Waals surface area contributed by atoms with E-state index < -0.39 is 0 Å². The van der Waals surface area contributed by atoms with Crippen LogP contribution >= 0.6 is 0 Å². The average Bonchev–Trinajstić information content (AvgIpc) is 2.38. The first-order valence-electron chi connectivity index (χ1n) is 5.49. The largest absolute Gasteiger partial charge is 0.388 e. The van der Waals surface area contributed by atoms with Crippen LogP contribution in [0.1, 0.15) is 17.2 Å². The fraction of sp³-hybridized carbons (Fsp3) is 0.143. The molecule has 2 aromatic carbocycles. The van der Waals surface area contributed by atoms with Gasteiger partial charge in [-0.3, -0.25) is 0 Å². The van der Waals surface area contributed by atoms with Crippen molar-refractivity contribution in [3.8, 4) is 0 Å². The normalized spacial score (nSPS) is 12.2. The smallest absolute Gasteiger partial charge is 0.123 e. The molecule has 0 aliphatic heterocycles. The van der Waals surface area contributed by atoms with Crippen molar-refractivity contribution in [2.75, 3.05) is 12.4 Å². The van der Waals surface area contributed by atoms with Gasteiger partial charge in [0.05, 0.1) is 6.04 Å². The van der Waals surface area contributed by atoms with E-state index in [4.69, 9.17) is 5.73 Å². The molecular weight excluding hydrogens is 215 g/mol. The predicted octanol–water partition coefficient (Wildman–Crippen LogP) is 2.92. The van der Waals surface area contributed by atoms with E-state index in [2.05, 4.69) is 5.32 Å². The van der Waals surface area contributed by atoms with Crippen molar-refractivity contribution in [1.82, 2.24) is 0 Å². The summed E-state index contributed by atoms with van der Waals surface area (Å²) >= 11 is 0. The van der Waals surface area contributed by atoms with Crippen LogP contribution < -0.4 is 11.1 Å². The summed E-state index contributed by atoms with van der Waals surface area (Å²) in [5, 5.41) is 3.04. The van der Waals surface area contributed by atoms with Crippen LogP contribution in [0.2, 0.25) is 0 Å². The van der Waals surface area contributed by atoms with Crippen molar-refractivity contribution in [2.45, 2.75) is 6.04 Å². The Kier molecular flexibility index (Phi) is 3.40. The van der Waals surface area contributed by atoms with Crippen molar-refractivity contribution < 1.29 is 4.39 Å². The standard InChI is InChI=1S/C14H15FN2/c1-17-13-7-5-10(6-8-13)14(16)11-3-2-4-12(15)9-11/h2-9,14,17H,16H2,1H3. The topological polar surface area (TPSA) is 38.0 Å². The molecule has 0 amide bonds. The zero-order chi connectivity index (χ0) is 12.3. The van der Waals surface area contributed by atoms with Crippen LogP contribution in [0.5, 0.6) is 0 Å². The van der Waals surface area contributed by atoms with E-state index in [1.807, 2.05) is 37.4 Å². The van der Waals surface area contributed by atoms with Crippen LogP contribution in [0.3, 0.4) is 0 Å². The van der Waals surface area contributed by atoms with Crippen LogP contribution in [0.15, 0.2) is 48.5 Å². The maximum atomic E-state index is 13.1. The number of hydrogen-bond donors (Lipinski definition) is 2. The third kappa shape index (κ3) is 2.63. The molecule has 2 rings (SSSR count). The molecule has 88 valence electrons. The van der Waals surface area contributed by atoms with Gasteiger partial charge in [-0.05, 0) is 35.4 Å². The van der Waals surface area contributed by atoms with Crippen molar-refractivity contribution in [2.24, 2.45) is 5.73 Å². The van der Waals surface area contributed by atoms with Gasteiger partial charge in [-0.1, -0.05) is 24.3 Å². The molecule has 0 aromatic heterocycles. The Morgan fingerprint density at radius 3 is 2.35 bits per heavy atom. The van der Waals surface area contributed by atoms with Gasteiger partial charge in [0, 0.05) is 12.7 Å². The summed E-state index contributed by atoms with van der Waals surface area (Å²) in [6.45, 7) is 0. The van der Waals surface area contributed by atoms with E-state index in [-0.39, 0.29) is 11.9 Å². The van der Waals surface area contributed by atoms with E-state index >= 15 is 0 Å². The third-order valence-electron chi connectivity index (χ3n) is 2.77. The summed E-state index contributed by atoms with van der Waals surface area (Å²) in [5.41, 5.74) is 8.86. The third-order valence-corrected chi connectivity index (χ3v) is 2.77. The second-order valence-electron chi connectivity index (χ2n) is 3.90. The zero-order valence-corrected chi connectivity index (χ0v) is 9.65. The molecule has 0 saturated carbocycles. The SMILES string of the molecule is CNc1ccc(C(N)c2cccc(F)c2)cc1. The van der Waals surface area contributed by atoms with E-state index in [0.717, 1.165) is 16.8 Å². The van der Waals surface area contributed by atoms with E-state index in [0.29, 0.717) is 0 Å². The molecule has 0 saturated heterocycles. The van der Waals surface area contributed by atoms with Crippen molar-refractivity contribution in [3.05, 3.63) is 65.5 Å². The van der Waals surface area contributed by atoms with Crippen LogP contribution in [0, 0.1) is 5.82 Å². The number of benzene rings is 2. The molecule has 1 unspecified atom stereocenters. The molecular formula is C14H15FN2. The Morgan fingerprint density at radius 2 is 1.76 bits per heavy atom. The van der Waals surface area contributed by atoms with Crippen LogP contribution in [-0.2, 0) is 0 Å². The lowest BCUT2D eigenvalue weighted by Gasteiger charge is -2.13. The summed E-state index contributed by atoms with van der Waals surface area (Å²) in [6.07, 6.45) is 0. The summed E-state index contributed by atoms with van der Waals surface area (Å²) in [7, 11) is 1.86. The Morgan fingerprint density at radius 1 is 1.06 bits per heavy atom. The number of hydrogen-bond acceptors (Lipinski definition) is 2. The quantitative estimate of drug-likeness (QED) is 0.850. The van der Waals surface area contributed by atoms with Crippen molar-refractivity contribution >= 4 is 5.69 Å². The summed E-state index contributed by atoms with van der Waals surface area (Å²) in [4.78, 5) is 0. The minimum atomic E-state index is -0.295. The molecule has 1 atom stereocenters. The first kappa shape index (κ1) is 11.6. The second-order valence-corrected chi connectivity index (χ2v) is 3.90. The molecule has 3 heteroatoms. The molecule has 2 aromatic rings. The number of halogens is 1. The van der Waals surface area contributed by atoms with E-state index in [1.54, 1.807) is 6.07 Å². The second kappa shape index (κ2) is 4.97. The highest BCUT2D eigenvalue weighted by Crippen LogP contribution is 2.21. The van der Waals surface area contributed by atoms with Gasteiger partial charge in [0.1, 0.15) is 5.82 Å². The number of rotatable bonds is 3. The highest BCUT2D eigenvalue weighted by Gasteiger charge is 2.09. The summed E-state index contributed by atoms with van der Waals surface area (Å²) < 4.78 is 13.1. The molecule has 3 N–H and O–H groups in total. The first-order valence-corrected chi connectivity index (χ1v) is 5.49. The van der Waals surface area contributed by atoms with Crippen molar-refractivity contribution in [1.29, 1.82) is 0 Å². The van der Waals surface area contributed by atoms with Crippen LogP contribution in [0.25, 0.3) is 0 Å². The van der Waals surface area contributed by atoms with E-state index in [9.17, 15) is 4.39 Å². The van der Waals surface area contributed by atoms with Gasteiger partial charge in [-0.15, -0.1) is 0 Å². The van der Waals surface area contributed by atoms with Crippen molar-refractivity contribution in [3.63, 3.8) is 0 Å². The number of nitrogens with two attached hydrogens (primary N) is 1. The monoisotopic (exact) mass is 230 g/mol. The molecule has 0 bridgehead atoms. The maximum absolute atomic E-state index is 13.1. The predicted molar refractivity (Wildman–Crippen MR) is 68.4 cm³/mol. The van der Waals surface area contributed by atoms with E-state index in [1.165, 1.54) is 12.1 Å². The molecule has 0 radical (unpaired) electrons. The summed E-state index contributed by atoms with van der Waals surface area (Å²) in [6, 6.07) is 13.9. The molecule has 17 heavy (non-hydrogen) atoms. The Bertz CT molecular complexity index is 494. The number of nitrogens with one attached hydrogen (secondary N) is 1. The lowest BCUT2D eigenvalue weighted by Crippen LogP contribution is -2.11. The molecule has 0 spiro atoms. The fourth-order valence-corrected chi connectivity index (χ4v) is 1.75. The van der Waals surface area contributed by atoms with Gasteiger partial charge in [0.25, 0.3) is 0 Å². The van der Waals surface area contributed by atoms with Gasteiger partial charge in [0.15, 0.2) is 0 Å². The van der Waals surface area contributed by atoms with Gasteiger partial charge < -0.3 is 11.1 Å². The first-order chi connectivity index (χ1) is 8.20. The van der Waals surface area contributed by atoms with Gasteiger partial charge in [-0.25, -0.2) is 4.39 Å². The minimum Gasteiger partial charge on any atom is -0.388 e. The van der Waals surface area contributed by atoms with Gasteiger partial charge in [0.2, 0.25) is 0 Å². The minimum absolute atomic E-state index is 0.259. The van der Waals surface area contributed by atoms with Crippen LogP contribution in [0.4, 0.5) is 10.1 Å². The lowest BCUT2D eigenvalue weighted by molar-refractivity contribution is 0.623. The summed E-state index contributed by atoms with van der Waals surface area (Å²) in [5.74, 6) is -0.259. The van der Waals surface area contributed by atoms with Crippen LogP contribution in [-0.4, -0.2) is 7.05 Å². The molecule has 0 aliphatic rings. The lowest BCUT2D eigenvalue weighted by atomic mass is 9.99. The highest BCUT2D eigenvalue weighted by atomic mass is 19.1. The Hall–Kier alpha value is -1.87. The number of anilines is 1. The van der Waals surface area contributed by atoms with Gasteiger partial charge >= 0.3 is 0 Å². The average molecular weight is 230 g/mol. The zero-order valence-electron chi connectivity index (χ0n) is 9.65. The molecule has 0 heterocycles. The molecule has 2 nitrogen and oxygen atoms in total. The fourth-order valence-electron chi connectivity index (χ4n) is 1.75. The Labute approximate surface area is 100 Å².